The molecule has 1 atom stereocenters. The zero-order valence-corrected chi connectivity index (χ0v) is 8.35. The minimum atomic E-state index is 0. The van der Waals surface area contributed by atoms with Crippen molar-refractivity contribution in [2.24, 2.45) is 11.7 Å². The fourth-order valence-electron chi connectivity index (χ4n) is 1.71. The molecule has 5 heteroatoms. The van der Waals surface area contributed by atoms with Crippen LogP contribution in [0.2, 0.25) is 0 Å². The van der Waals surface area contributed by atoms with Crippen LogP contribution in [-0.2, 0) is 4.79 Å². The summed E-state index contributed by atoms with van der Waals surface area (Å²) < 4.78 is 0. The summed E-state index contributed by atoms with van der Waals surface area (Å²) >= 11 is 0. The van der Waals surface area contributed by atoms with E-state index in [-0.39, 0.29) is 24.4 Å². The number of carbonyl (C=O) groups excluding carboxylic acids is 1. The summed E-state index contributed by atoms with van der Waals surface area (Å²) in [6.07, 6.45) is 0.964. The maximum atomic E-state index is 11.6. The van der Waals surface area contributed by atoms with E-state index < -0.39 is 0 Å². The Morgan fingerprint density at radius 1 is 1.46 bits per heavy atom. The van der Waals surface area contributed by atoms with Gasteiger partial charge in [0, 0.05) is 32.2 Å². The van der Waals surface area contributed by atoms with E-state index in [2.05, 4.69) is 5.32 Å². The molecule has 2 rings (SSSR count). The maximum absolute atomic E-state index is 11.6. The number of nitrogens with one attached hydrogen (secondary N) is 1. The van der Waals surface area contributed by atoms with Crippen LogP contribution in [0.25, 0.3) is 0 Å². The van der Waals surface area contributed by atoms with E-state index in [1.165, 1.54) is 0 Å². The van der Waals surface area contributed by atoms with Crippen molar-refractivity contribution in [2.45, 2.75) is 12.5 Å². The molecule has 2 aliphatic rings. The van der Waals surface area contributed by atoms with Gasteiger partial charge in [-0.25, -0.2) is 0 Å². The average Bonchev–Trinajstić information content (AvgIpc) is 2.31. The quantitative estimate of drug-likeness (QED) is 0.589. The first-order valence-electron chi connectivity index (χ1n) is 4.52. The monoisotopic (exact) mass is 205 g/mol. The number of halogens is 1. The van der Waals surface area contributed by atoms with Crippen molar-refractivity contribution in [1.29, 1.82) is 0 Å². The Balaban J connectivity index is 0.000000845. The lowest BCUT2D eigenvalue weighted by Gasteiger charge is -2.30. The molecule has 76 valence electrons. The first-order valence-corrected chi connectivity index (χ1v) is 4.52. The molecule has 2 heterocycles. The highest BCUT2D eigenvalue weighted by atomic mass is 35.5. The van der Waals surface area contributed by atoms with E-state index in [1.807, 2.05) is 4.90 Å². The third-order valence-electron chi connectivity index (χ3n) is 2.67. The minimum Gasteiger partial charge on any atom is -0.341 e. The van der Waals surface area contributed by atoms with E-state index in [4.69, 9.17) is 5.73 Å². The fraction of sp³-hybridized carbons (Fsp3) is 0.875. The van der Waals surface area contributed by atoms with Crippen molar-refractivity contribution in [3.05, 3.63) is 0 Å². The number of carbonyl (C=O) groups is 1. The molecule has 0 unspecified atom stereocenters. The molecule has 4 nitrogen and oxygen atoms in total. The minimum absolute atomic E-state index is 0. The van der Waals surface area contributed by atoms with Gasteiger partial charge < -0.3 is 16.0 Å². The van der Waals surface area contributed by atoms with Gasteiger partial charge in [-0.15, -0.1) is 12.4 Å². The average molecular weight is 206 g/mol. The summed E-state index contributed by atoms with van der Waals surface area (Å²) in [5.74, 6) is 0.525. The molecular weight excluding hydrogens is 190 g/mol. The highest BCUT2D eigenvalue weighted by Gasteiger charge is 2.32. The molecule has 1 amide bonds. The summed E-state index contributed by atoms with van der Waals surface area (Å²) in [5.41, 5.74) is 5.71. The Kier molecular flexibility index (Phi) is 3.53. The largest absolute Gasteiger partial charge is 0.341 e. The molecule has 2 fully saturated rings. The number of hydrogen-bond acceptors (Lipinski definition) is 3. The fourth-order valence-corrected chi connectivity index (χ4v) is 1.71. The first-order chi connectivity index (χ1) is 5.77. The van der Waals surface area contributed by atoms with Crippen LogP contribution < -0.4 is 11.1 Å². The number of nitrogens with zero attached hydrogens (tertiary/aromatic N) is 1. The SMILES string of the molecule is Cl.N[C@@H]1CCN(C(=O)C2CNC2)C1. The highest BCUT2D eigenvalue weighted by Crippen LogP contribution is 2.13. The summed E-state index contributed by atoms with van der Waals surface area (Å²) in [6.45, 7) is 3.32. The molecule has 3 N–H and O–H groups in total. The molecule has 0 spiro atoms. The molecule has 0 aromatic carbocycles. The second kappa shape index (κ2) is 4.26. The van der Waals surface area contributed by atoms with Crippen LogP contribution in [0.15, 0.2) is 0 Å². The van der Waals surface area contributed by atoms with Gasteiger partial charge in [-0.3, -0.25) is 4.79 Å². The molecule has 0 radical (unpaired) electrons. The van der Waals surface area contributed by atoms with E-state index >= 15 is 0 Å². The first kappa shape index (κ1) is 10.8. The van der Waals surface area contributed by atoms with E-state index in [0.717, 1.165) is 32.6 Å². The molecule has 0 aliphatic carbocycles. The Morgan fingerprint density at radius 3 is 2.54 bits per heavy atom. The lowest BCUT2D eigenvalue weighted by atomic mass is 10.0. The number of nitrogens with two attached hydrogens (primary N) is 1. The summed E-state index contributed by atoms with van der Waals surface area (Å²) in [5, 5.41) is 3.10. The summed E-state index contributed by atoms with van der Waals surface area (Å²) in [7, 11) is 0. The number of likely N-dealkylation sites (tertiary alicyclic amines) is 1. The van der Waals surface area contributed by atoms with Gasteiger partial charge in [0.15, 0.2) is 0 Å². The molecular formula is C8H16ClN3O. The van der Waals surface area contributed by atoms with Crippen LogP contribution in [0.4, 0.5) is 0 Å². The van der Waals surface area contributed by atoms with E-state index in [0.29, 0.717) is 5.91 Å². The third kappa shape index (κ3) is 2.13. The van der Waals surface area contributed by atoms with Crippen LogP contribution in [0.5, 0.6) is 0 Å². The van der Waals surface area contributed by atoms with Crippen molar-refractivity contribution in [3.63, 3.8) is 0 Å². The zero-order valence-electron chi connectivity index (χ0n) is 7.53. The molecule has 2 saturated heterocycles. The van der Waals surface area contributed by atoms with Gasteiger partial charge in [-0.2, -0.15) is 0 Å². The Hall–Kier alpha value is -0.320. The van der Waals surface area contributed by atoms with Gasteiger partial charge in [-0.1, -0.05) is 0 Å². The topological polar surface area (TPSA) is 58.4 Å². The van der Waals surface area contributed by atoms with Gasteiger partial charge >= 0.3 is 0 Å². The van der Waals surface area contributed by atoms with Gasteiger partial charge in [-0.05, 0) is 6.42 Å². The Labute approximate surface area is 84.2 Å². The van der Waals surface area contributed by atoms with Crippen molar-refractivity contribution in [2.75, 3.05) is 26.2 Å². The molecule has 0 saturated carbocycles. The Morgan fingerprint density at radius 2 is 2.15 bits per heavy atom. The van der Waals surface area contributed by atoms with Gasteiger partial charge in [0.2, 0.25) is 5.91 Å². The standard InChI is InChI=1S/C8H15N3O.ClH/c9-7-1-2-11(5-7)8(12)6-3-10-4-6;/h6-7,10H,1-5,9H2;1H/t7-;/m1./s1. The van der Waals surface area contributed by atoms with Crippen LogP contribution in [0, 0.1) is 5.92 Å². The summed E-state index contributed by atoms with van der Waals surface area (Å²) in [6, 6.07) is 0.210. The lowest BCUT2D eigenvalue weighted by molar-refractivity contribution is -0.136. The van der Waals surface area contributed by atoms with Crippen LogP contribution in [0.1, 0.15) is 6.42 Å². The predicted octanol–water partition coefficient (Wildman–Crippen LogP) is -0.813. The molecule has 0 aromatic rings. The predicted molar refractivity (Wildman–Crippen MR) is 52.8 cm³/mol. The normalized spacial score (nSPS) is 28.1. The molecule has 0 bridgehead atoms. The Bertz CT molecular complexity index is 196. The molecule has 0 aromatic heterocycles. The molecule has 13 heavy (non-hydrogen) atoms. The second-order valence-corrected chi connectivity index (χ2v) is 3.69. The summed E-state index contributed by atoms with van der Waals surface area (Å²) in [4.78, 5) is 13.5. The second-order valence-electron chi connectivity index (χ2n) is 3.69. The number of rotatable bonds is 1. The third-order valence-corrected chi connectivity index (χ3v) is 2.67. The van der Waals surface area contributed by atoms with Crippen molar-refractivity contribution in [3.8, 4) is 0 Å². The highest BCUT2D eigenvalue weighted by molar-refractivity contribution is 5.85. The van der Waals surface area contributed by atoms with Gasteiger partial charge in [0.1, 0.15) is 0 Å². The maximum Gasteiger partial charge on any atom is 0.228 e. The van der Waals surface area contributed by atoms with Crippen LogP contribution in [-0.4, -0.2) is 43.0 Å². The van der Waals surface area contributed by atoms with Gasteiger partial charge in [0.25, 0.3) is 0 Å². The van der Waals surface area contributed by atoms with Crippen LogP contribution >= 0.6 is 12.4 Å². The van der Waals surface area contributed by atoms with Crippen LogP contribution in [0.3, 0.4) is 0 Å². The molecule has 2 aliphatic heterocycles. The zero-order chi connectivity index (χ0) is 8.55. The van der Waals surface area contributed by atoms with Crippen molar-refractivity contribution >= 4 is 18.3 Å². The van der Waals surface area contributed by atoms with E-state index in [9.17, 15) is 4.79 Å². The van der Waals surface area contributed by atoms with Crippen molar-refractivity contribution < 1.29 is 4.79 Å². The smallest absolute Gasteiger partial charge is 0.228 e. The number of hydrogen-bond donors (Lipinski definition) is 2. The lowest BCUT2D eigenvalue weighted by Crippen LogP contribution is -2.51. The van der Waals surface area contributed by atoms with E-state index in [1.54, 1.807) is 0 Å². The van der Waals surface area contributed by atoms with Crippen molar-refractivity contribution in [1.82, 2.24) is 10.2 Å². The number of amides is 1. The van der Waals surface area contributed by atoms with Gasteiger partial charge in [0.05, 0.1) is 5.92 Å².